The third kappa shape index (κ3) is 5.32. The molecule has 2 aromatic heterocycles. The van der Waals surface area contributed by atoms with Crippen molar-refractivity contribution in [3.8, 4) is 0 Å². The van der Waals surface area contributed by atoms with Gasteiger partial charge < -0.3 is 40.3 Å². The van der Waals surface area contributed by atoms with E-state index in [-0.39, 0.29) is 17.1 Å². The fourth-order valence-corrected chi connectivity index (χ4v) is 5.77. The number of fused-ring (bicyclic) bond motifs is 1. The Morgan fingerprint density at radius 2 is 1.91 bits per heavy atom. The molecule has 1 aliphatic heterocycles. The zero-order chi connectivity index (χ0) is 24.1. The van der Waals surface area contributed by atoms with Gasteiger partial charge >= 0.3 is 23.5 Å². The normalized spacial score (nSPS) is 27.9. The summed E-state index contributed by atoms with van der Waals surface area (Å²) >= 11 is 0. The number of rotatable bonds is 8. The first-order chi connectivity index (χ1) is 14.5. The summed E-state index contributed by atoms with van der Waals surface area (Å²) in [5, 5.41) is 21.3. The Kier molecular flexibility index (Phi) is 6.53. The van der Waals surface area contributed by atoms with Crippen molar-refractivity contribution in [2.24, 2.45) is 0 Å². The van der Waals surface area contributed by atoms with Crippen LogP contribution in [0, 0.1) is 0 Å². The molecule has 0 spiro atoms. The molecule has 3 heterocycles. The van der Waals surface area contributed by atoms with E-state index in [1.165, 1.54) is 0 Å². The van der Waals surface area contributed by atoms with Crippen LogP contribution < -0.4 is 11.3 Å². The van der Waals surface area contributed by atoms with Gasteiger partial charge in [-0.3, -0.25) is 18.9 Å². The number of ether oxygens (including phenoxy) is 1. The molecular weight excluding hydrogens is 507 g/mol. The van der Waals surface area contributed by atoms with Gasteiger partial charge in [0.2, 0.25) is 5.95 Å². The van der Waals surface area contributed by atoms with Gasteiger partial charge in [0, 0.05) is 0 Å². The molecule has 5 unspecified atom stereocenters. The summed E-state index contributed by atoms with van der Waals surface area (Å²) in [7, 11) is -16.8. The average Bonchev–Trinajstić information content (AvgIpc) is 3.13. The van der Waals surface area contributed by atoms with E-state index in [4.69, 9.17) is 25.2 Å². The number of aromatic amines is 1. The maximum Gasteiger partial charge on any atom is 0.490 e. The van der Waals surface area contributed by atoms with Gasteiger partial charge in [0.15, 0.2) is 16.9 Å². The van der Waals surface area contributed by atoms with Crippen LogP contribution in [0.2, 0.25) is 0 Å². The number of nitrogens with zero attached hydrogens (tertiary/aromatic N) is 3. The number of phosphoric acid groups is 3. The number of nitrogen functional groups attached to an aromatic ring is 1. The van der Waals surface area contributed by atoms with Crippen molar-refractivity contribution in [3.05, 3.63) is 16.7 Å². The molecule has 1 aliphatic rings. The largest absolute Gasteiger partial charge is 0.490 e. The predicted octanol–water partition coefficient (Wildman–Crippen LogP) is -2.55. The number of imidazole rings is 1. The Morgan fingerprint density at radius 1 is 1.25 bits per heavy atom. The number of hydrogen-bond acceptors (Lipinski definition) is 13. The summed E-state index contributed by atoms with van der Waals surface area (Å²) in [6.07, 6.45) is -2.47. The fourth-order valence-electron chi connectivity index (χ4n) is 2.74. The third-order valence-electron chi connectivity index (χ3n) is 4.00. The van der Waals surface area contributed by atoms with Gasteiger partial charge in [0.1, 0.15) is 12.2 Å². The second kappa shape index (κ2) is 8.34. The Balaban J connectivity index is 1.74. The number of H-pyrrole nitrogens is 1. The van der Waals surface area contributed by atoms with Crippen LogP contribution in [0.15, 0.2) is 11.1 Å². The second-order valence-corrected chi connectivity index (χ2v) is 10.7. The Bertz CT molecular complexity index is 1220. The zero-order valence-corrected chi connectivity index (χ0v) is 18.0. The number of nitrogens with one attached hydrogen (secondary N) is 1. The first-order valence-corrected chi connectivity index (χ1v) is 12.6. The lowest BCUT2D eigenvalue weighted by molar-refractivity contribution is -0.109. The van der Waals surface area contributed by atoms with Crippen molar-refractivity contribution in [2.45, 2.75) is 17.9 Å². The lowest BCUT2D eigenvalue weighted by Crippen LogP contribution is -2.47. The van der Waals surface area contributed by atoms with E-state index in [2.05, 4.69) is 28.1 Å². The second-order valence-electron chi connectivity index (χ2n) is 6.30. The molecule has 0 bridgehead atoms. The molecular formula is C10H16N5O14P3. The van der Waals surface area contributed by atoms with Crippen molar-refractivity contribution in [1.29, 1.82) is 0 Å². The van der Waals surface area contributed by atoms with Crippen molar-refractivity contribution in [2.75, 3.05) is 18.9 Å². The van der Waals surface area contributed by atoms with Crippen molar-refractivity contribution in [1.82, 2.24) is 19.5 Å². The SMILES string of the molecule is Nc1nc2c(ncn2C2(O)COC(COP(=O)(O)OP(=O)(O)OP(=O)(O)O)C2O)c(=O)[nH]1. The van der Waals surface area contributed by atoms with E-state index in [0.29, 0.717) is 0 Å². The maximum atomic E-state index is 11.9. The van der Waals surface area contributed by atoms with Crippen molar-refractivity contribution in [3.63, 3.8) is 0 Å². The van der Waals surface area contributed by atoms with E-state index >= 15 is 0 Å². The quantitative estimate of drug-likeness (QED) is 0.165. The molecule has 5 atom stereocenters. The monoisotopic (exact) mass is 523 g/mol. The summed E-state index contributed by atoms with van der Waals surface area (Å²) in [4.78, 5) is 57.2. The fraction of sp³-hybridized carbons (Fsp3) is 0.500. The first-order valence-electron chi connectivity index (χ1n) is 8.07. The first kappa shape index (κ1) is 25.1. The molecule has 0 amide bonds. The Labute approximate surface area is 175 Å². The highest BCUT2D eigenvalue weighted by Gasteiger charge is 2.51. The molecule has 9 N–H and O–H groups in total. The molecule has 3 rings (SSSR count). The minimum absolute atomic E-state index is 0.218. The molecule has 0 aliphatic carbocycles. The predicted molar refractivity (Wildman–Crippen MR) is 98.3 cm³/mol. The van der Waals surface area contributed by atoms with Gasteiger partial charge in [-0.05, 0) is 0 Å². The van der Waals surface area contributed by atoms with Crippen LogP contribution in [-0.2, 0) is 37.3 Å². The maximum absolute atomic E-state index is 11.9. The molecule has 0 radical (unpaired) electrons. The van der Waals surface area contributed by atoms with Gasteiger partial charge in [0.05, 0.1) is 19.5 Å². The van der Waals surface area contributed by atoms with E-state index < -0.39 is 60.2 Å². The summed E-state index contributed by atoms with van der Waals surface area (Å²) in [5.41, 5.74) is 1.99. The highest BCUT2D eigenvalue weighted by molar-refractivity contribution is 7.66. The molecule has 180 valence electrons. The van der Waals surface area contributed by atoms with Gasteiger partial charge in [-0.2, -0.15) is 13.6 Å². The van der Waals surface area contributed by atoms with Crippen LogP contribution >= 0.6 is 23.5 Å². The zero-order valence-electron chi connectivity index (χ0n) is 15.4. The third-order valence-corrected chi connectivity index (χ3v) is 7.80. The average molecular weight is 523 g/mol. The van der Waals surface area contributed by atoms with Gasteiger partial charge in [0.25, 0.3) is 5.56 Å². The smallest absolute Gasteiger partial charge is 0.385 e. The standard InChI is InChI=1S/C10H16N5O14P3/c11-9-13-7-5(8(17)14-9)12-3-15(7)10(18)2-26-4(6(10)16)1-27-31(22,23)29-32(24,25)28-30(19,20)21/h3-4,6,16,18H,1-2H2,(H,22,23)(H,24,25)(H2,19,20,21)(H3,11,13,14,17). The van der Waals surface area contributed by atoms with Crippen LogP contribution in [0.25, 0.3) is 11.2 Å². The van der Waals surface area contributed by atoms with Gasteiger partial charge in [-0.1, -0.05) is 0 Å². The number of aromatic nitrogens is 4. The van der Waals surface area contributed by atoms with Crippen LogP contribution in [-0.4, -0.2) is 74.7 Å². The molecule has 22 heteroatoms. The molecule has 0 aromatic carbocycles. The lowest BCUT2D eigenvalue weighted by atomic mass is 10.1. The van der Waals surface area contributed by atoms with Gasteiger partial charge in [-0.25, -0.2) is 18.7 Å². The van der Waals surface area contributed by atoms with Crippen molar-refractivity contribution >= 4 is 40.6 Å². The number of aliphatic hydroxyl groups is 2. The number of aliphatic hydroxyl groups excluding tert-OH is 1. The van der Waals surface area contributed by atoms with E-state index in [9.17, 15) is 33.6 Å². The van der Waals surface area contributed by atoms with Crippen LogP contribution in [0.3, 0.4) is 0 Å². The molecule has 1 saturated heterocycles. The minimum atomic E-state index is -5.73. The van der Waals surface area contributed by atoms with Crippen molar-refractivity contribution < 1.29 is 61.4 Å². The van der Waals surface area contributed by atoms with E-state index in [0.717, 1.165) is 10.9 Å². The number of phosphoric ester groups is 1. The summed E-state index contributed by atoms with van der Waals surface area (Å²) in [6.45, 7) is -1.67. The number of hydrogen-bond donors (Lipinski definition) is 8. The summed E-state index contributed by atoms with van der Waals surface area (Å²) in [6, 6.07) is 0. The molecule has 1 fully saturated rings. The number of nitrogens with two attached hydrogens (primary N) is 1. The van der Waals surface area contributed by atoms with E-state index in [1.54, 1.807) is 0 Å². The number of anilines is 1. The van der Waals surface area contributed by atoms with E-state index in [1.807, 2.05) is 0 Å². The lowest BCUT2D eigenvalue weighted by Gasteiger charge is -2.28. The van der Waals surface area contributed by atoms with Crippen LogP contribution in [0.5, 0.6) is 0 Å². The Hall–Kier alpha value is -1.56. The molecule has 0 saturated carbocycles. The highest BCUT2D eigenvalue weighted by Crippen LogP contribution is 2.66. The topological polar surface area (TPSA) is 299 Å². The Morgan fingerprint density at radius 3 is 2.53 bits per heavy atom. The summed E-state index contributed by atoms with van der Waals surface area (Å²) < 4.78 is 51.2. The molecule has 2 aromatic rings. The molecule has 32 heavy (non-hydrogen) atoms. The minimum Gasteiger partial charge on any atom is -0.385 e. The van der Waals surface area contributed by atoms with Crippen LogP contribution in [0.4, 0.5) is 5.95 Å². The van der Waals surface area contributed by atoms with Crippen LogP contribution in [0.1, 0.15) is 0 Å². The van der Waals surface area contributed by atoms with Gasteiger partial charge in [-0.15, -0.1) is 0 Å². The highest BCUT2D eigenvalue weighted by atomic mass is 31.3. The summed E-state index contributed by atoms with van der Waals surface area (Å²) in [5.74, 6) is -0.314. The molecule has 19 nitrogen and oxygen atoms in total.